The molecule has 0 aliphatic carbocycles. The average molecular weight is 401 g/mol. The zero-order valence-corrected chi connectivity index (χ0v) is 15.6. The molecule has 1 aliphatic rings. The van der Waals surface area contributed by atoms with Crippen molar-refractivity contribution in [2.45, 2.75) is 6.61 Å². The van der Waals surface area contributed by atoms with Gasteiger partial charge in [0.15, 0.2) is 6.61 Å². The third-order valence-electron chi connectivity index (χ3n) is 3.46. The molecule has 1 saturated heterocycles. The van der Waals surface area contributed by atoms with E-state index in [2.05, 4.69) is 5.32 Å². The summed E-state index contributed by atoms with van der Waals surface area (Å²) in [7, 11) is 0. The molecule has 3 rings (SSSR count). The fourth-order valence-electron chi connectivity index (χ4n) is 2.30. The zero-order valence-electron chi connectivity index (χ0n) is 14.0. The van der Waals surface area contributed by atoms with Crippen LogP contribution in [-0.4, -0.2) is 27.9 Å². The average Bonchev–Trinajstić information content (AvgIpc) is 2.96. The first-order valence-corrected chi connectivity index (χ1v) is 9.13. The van der Waals surface area contributed by atoms with E-state index in [0.29, 0.717) is 27.3 Å². The molecule has 2 aromatic rings. The molecule has 8 heteroatoms. The van der Waals surface area contributed by atoms with Crippen LogP contribution in [0, 0.1) is 0 Å². The minimum Gasteiger partial charge on any atom is -0.489 e. The van der Waals surface area contributed by atoms with Crippen LogP contribution < -0.4 is 14.8 Å². The largest absolute Gasteiger partial charge is 0.489 e. The van der Waals surface area contributed by atoms with Crippen molar-refractivity contribution in [2.24, 2.45) is 0 Å². The molecule has 0 unspecified atom stereocenters. The lowest BCUT2D eigenvalue weighted by Crippen LogP contribution is -2.17. The van der Waals surface area contributed by atoms with Gasteiger partial charge in [0.1, 0.15) is 22.4 Å². The van der Waals surface area contributed by atoms with Gasteiger partial charge in [-0.1, -0.05) is 48.2 Å². The Morgan fingerprint density at radius 3 is 2.59 bits per heavy atom. The summed E-state index contributed by atoms with van der Waals surface area (Å²) in [5.74, 6) is -0.114. The van der Waals surface area contributed by atoms with Crippen LogP contribution in [0.3, 0.4) is 0 Å². The van der Waals surface area contributed by atoms with Gasteiger partial charge in [-0.15, -0.1) is 0 Å². The monoisotopic (exact) mass is 401 g/mol. The van der Waals surface area contributed by atoms with Crippen molar-refractivity contribution in [1.82, 2.24) is 5.32 Å². The number of carboxylic acids is 1. The van der Waals surface area contributed by atoms with Crippen LogP contribution in [0.25, 0.3) is 6.08 Å². The minimum atomic E-state index is -1.03. The molecule has 0 atom stereocenters. The van der Waals surface area contributed by atoms with Gasteiger partial charge in [0.25, 0.3) is 5.91 Å². The molecule has 1 heterocycles. The summed E-state index contributed by atoms with van der Waals surface area (Å²) in [6.07, 6.45) is 1.76. The zero-order chi connectivity index (χ0) is 19.2. The Labute approximate surface area is 165 Å². The Hall–Kier alpha value is -2.84. The highest BCUT2D eigenvalue weighted by atomic mass is 32.2. The quantitative estimate of drug-likeness (QED) is 0.544. The smallest absolute Gasteiger partial charge is 0.341 e. The van der Waals surface area contributed by atoms with Gasteiger partial charge in [-0.25, -0.2) is 4.79 Å². The second kappa shape index (κ2) is 8.70. The van der Waals surface area contributed by atoms with E-state index in [4.69, 9.17) is 26.8 Å². The lowest BCUT2D eigenvalue weighted by molar-refractivity contribution is -0.139. The number of thioether (sulfide) groups is 1. The van der Waals surface area contributed by atoms with E-state index < -0.39 is 12.6 Å². The number of aliphatic carboxylic acids is 1. The van der Waals surface area contributed by atoms with Crippen molar-refractivity contribution < 1.29 is 24.2 Å². The second-order valence-corrected chi connectivity index (χ2v) is 7.26. The molecule has 0 saturated carbocycles. The molecular formula is C19H15NO5S2. The third-order valence-corrected chi connectivity index (χ3v) is 4.63. The lowest BCUT2D eigenvalue weighted by Gasteiger charge is -2.09. The van der Waals surface area contributed by atoms with E-state index in [1.54, 1.807) is 24.3 Å². The number of rotatable bonds is 7. The van der Waals surface area contributed by atoms with Gasteiger partial charge in [-0.2, -0.15) is 0 Å². The molecule has 0 spiro atoms. The van der Waals surface area contributed by atoms with Crippen molar-refractivity contribution >= 4 is 46.3 Å². The predicted octanol–water partition coefficient (Wildman–Crippen LogP) is 3.22. The van der Waals surface area contributed by atoms with E-state index in [9.17, 15) is 9.59 Å². The van der Waals surface area contributed by atoms with Crippen LogP contribution >= 0.6 is 24.0 Å². The van der Waals surface area contributed by atoms with Gasteiger partial charge in [-0.3, -0.25) is 4.79 Å². The molecule has 0 radical (unpaired) electrons. The first-order chi connectivity index (χ1) is 13.0. The standard InChI is InChI=1S/C19H15NO5S2/c21-17(22)11-25-15-6-2-4-13(8-15)10-24-14-5-1-3-12(7-14)9-16-18(23)20-19(26)27-16/h1-9H,10-11H2,(H,21,22)(H,20,23,26). The number of carbonyl (C=O) groups is 2. The summed E-state index contributed by atoms with van der Waals surface area (Å²) in [6, 6.07) is 14.4. The number of benzene rings is 2. The summed E-state index contributed by atoms with van der Waals surface area (Å²) in [4.78, 5) is 22.9. The molecule has 2 aromatic carbocycles. The molecule has 1 aliphatic heterocycles. The highest BCUT2D eigenvalue weighted by Crippen LogP contribution is 2.27. The van der Waals surface area contributed by atoms with Gasteiger partial charge < -0.3 is 19.9 Å². The van der Waals surface area contributed by atoms with Crippen molar-refractivity contribution in [3.05, 3.63) is 64.6 Å². The van der Waals surface area contributed by atoms with E-state index in [1.807, 2.05) is 30.3 Å². The number of hydrogen-bond donors (Lipinski definition) is 2. The summed E-state index contributed by atoms with van der Waals surface area (Å²) in [6.45, 7) is -0.0976. The van der Waals surface area contributed by atoms with Crippen LogP contribution in [0.1, 0.15) is 11.1 Å². The summed E-state index contributed by atoms with van der Waals surface area (Å²) in [5.41, 5.74) is 1.67. The van der Waals surface area contributed by atoms with Gasteiger partial charge in [0.05, 0.1) is 4.91 Å². The van der Waals surface area contributed by atoms with Crippen LogP contribution in [0.2, 0.25) is 0 Å². The predicted molar refractivity (Wildman–Crippen MR) is 107 cm³/mol. The molecule has 27 heavy (non-hydrogen) atoms. The molecule has 1 amide bonds. The number of amides is 1. The summed E-state index contributed by atoms with van der Waals surface area (Å²) < 4.78 is 11.4. The summed E-state index contributed by atoms with van der Waals surface area (Å²) >= 11 is 6.21. The minimum absolute atomic E-state index is 0.200. The first kappa shape index (κ1) is 18.9. The number of carbonyl (C=O) groups excluding carboxylic acids is 1. The van der Waals surface area contributed by atoms with Gasteiger partial charge in [0, 0.05) is 0 Å². The van der Waals surface area contributed by atoms with E-state index >= 15 is 0 Å². The number of ether oxygens (including phenoxy) is 2. The van der Waals surface area contributed by atoms with E-state index in [-0.39, 0.29) is 5.91 Å². The van der Waals surface area contributed by atoms with Gasteiger partial charge in [-0.05, 0) is 41.5 Å². The Morgan fingerprint density at radius 1 is 1.15 bits per heavy atom. The topological polar surface area (TPSA) is 84.9 Å². The molecule has 1 fully saturated rings. The number of carboxylic acid groups (broad SMARTS) is 1. The highest BCUT2D eigenvalue weighted by Gasteiger charge is 2.21. The van der Waals surface area contributed by atoms with Gasteiger partial charge >= 0.3 is 5.97 Å². The van der Waals surface area contributed by atoms with Crippen LogP contribution in [0.4, 0.5) is 0 Å². The molecule has 0 aromatic heterocycles. The van der Waals surface area contributed by atoms with Crippen LogP contribution in [0.15, 0.2) is 53.4 Å². The maximum atomic E-state index is 11.7. The summed E-state index contributed by atoms with van der Waals surface area (Å²) in [5, 5.41) is 11.2. The molecular weight excluding hydrogens is 386 g/mol. The third kappa shape index (κ3) is 5.57. The van der Waals surface area contributed by atoms with E-state index in [1.165, 1.54) is 11.8 Å². The number of thiocarbonyl (C=S) groups is 1. The van der Waals surface area contributed by atoms with Crippen molar-refractivity contribution in [3.8, 4) is 11.5 Å². The second-order valence-electron chi connectivity index (χ2n) is 5.54. The maximum Gasteiger partial charge on any atom is 0.341 e. The Bertz CT molecular complexity index is 926. The van der Waals surface area contributed by atoms with Crippen LogP contribution in [-0.2, 0) is 16.2 Å². The molecule has 138 valence electrons. The number of nitrogens with one attached hydrogen (secondary N) is 1. The molecule has 6 nitrogen and oxygen atoms in total. The first-order valence-electron chi connectivity index (χ1n) is 7.91. The fourth-order valence-corrected chi connectivity index (χ4v) is 3.35. The van der Waals surface area contributed by atoms with Crippen molar-refractivity contribution in [1.29, 1.82) is 0 Å². The number of hydrogen-bond acceptors (Lipinski definition) is 6. The normalized spacial score (nSPS) is 14.9. The van der Waals surface area contributed by atoms with E-state index in [0.717, 1.165) is 11.1 Å². The molecule has 0 bridgehead atoms. The highest BCUT2D eigenvalue weighted by molar-refractivity contribution is 8.26. The molecule has 2 N–H and O–H groups in total. The van der Waals surface area contributed by atoms with Crippen molar-refractivity contribution in [3.63, 3.8) is 0 Å². The fraction of sp³-hybridized carbons (Fsp3) is 0.105. The Morgan fingerprint density at radius 2 is 1.89 bits per heavy atom. The Kier molecular flexibility index (Phi) is 6.10. The SMILES string of the molecule is O=C(O)COc1cccc(COc2cccc(C=C3SC(=S)NC3=O)c2)c1. The van der Waals surface area contributed by atoms with Crippen LogP contribution in [0.5, 0.6) is 11.5 Å². The lowest BCUT2D eigenvalue weighted by atomic mass is 10.2. The maximum absolute atomic E-state index is 11.7. The van der Waals surface area contributed by atoms with Gasteiger partial charge in [0.2, 0.25) is 0 Å². The van der Waals surface area contributed by atoms with Crippen molar-refractivity contribution in [2.75, 3.05) is 6.61 Å². The Balaban J connectivity index is 1.64.